The number of amides is 4. The van der Waals surface area contributed by atoms with Crippen molar-refractivity contribution >= 4 is 58.5 Å². The number of nitrogens with one attached hydrogen (secondary N) is 1. The molecule has 11 heteroatoms. The number of ether oxygens (including phenoxy) is 1. The summed E-state index contributed by atoms with van der Waals surface area (Å²) < 4.78 is 5.83. The van der Waals surface area contributed by atoms with Gasteiger partial charge in [0.2, 0.25) is 0 Å². The van der Waals surface area contributed by atoms with Crippen molar-refractivity contribution in [2.24, 2.45) is 0 Å². The Hall–Kier alpha value is -4.21. The number of hydrogen-bond acceptors (Lipinski definition) is 6. The van der Waals surface area contributed by atoms with Gasteiger partial charge in [0.05, 0.1) is 10.6 Å². The number of hydrogen-bond donors (Lipinski definition) is 1. The molecular weight excluding hydrogens is 497 g/mol. The minimum Gasteiger partial charge on any atom is -0.488 e. The van der Waals surface area contributed by atoms with E-state index < -0.39 is 22.8 Å². The molecule has 1 aliphatic heterocycles. The van der Waals surface area contributed by atoms with Crippen molar-refractivity contribution < 1.29 is 24.0 Å². The standard InChI is InChI=1S/C24H15Cl2N3O6/c25-16-3-8-18(9-4-16)28-23(31)20(22(30)27-24(28)32)12-15-11-17(26)5-10-21(15)35-13-14-1-6-19(7-2-14)29(33)34/h1-12H,13H2,(H,27,30,32)/b20-12+. The van der Waals surface area contributed by atoms with Crippen LogP contribution in [0.4, 0.5) is 16.2 Å². The third-order valence-corrected chi connectivity index (χ3v) is 5.49. The van der Waals surface area contributed by atoms with Crippen LogP contribution in [0.25, 0.3) is 6.08 Å². The maximum Gasteiger partial charge on any atom is 0.335 e. The van der Waals surface area contributed by atoms with Gasteiger partial charge in [0.15, 0.2) is 0 Å². The number of benzene rings is 3. The summed E-state index contributed by atoms with van der Waals surface area (Å²) in [7, 11) is 0. The van der Waals surface area contributed by atoms with E-state index in [-0.39, 0.29) is 23.6 Å². The molecule has 4 amide bonds. The lowest BCUT2D eigenvalue weighted by molar-refractivity contribution is -0.384. The van der Waals surface area contributed by atoms with Crippen LogP contribution in [0.1, 0.15) is 11.1 Å². The molecule has 1 heterocycles. The van der Waals surface area contributed by atoms with Crippen LogP contribution in [0, 0.1) is 10.1 Å². The lowest BCUT2D eigenvalue weighted by Crippen LogP contribution is -2.54. The first-order chi connectivity index (χ1) is 16.7. The summed E-state index contributed by atoms with van der Waals surface area (Å²) in [5, 5.41) is 13.7. The van der Waals surface area contributed by atoms with Crippen LogP contribution in [0.3, 0.4) is 0 Å². The van der Waals surface area contributed by atoms with Gasteiger partial charge in [0.25, 0.3) is 17.5 Å². The van der Waals surface area contributed by atoms with Gasteiger partial charge >= 0.3 is 6.03 Å². The van der Waals surface area contributed by atoms with E-state index in [0.29, 0.717) is 26.9 Å². The molecule has 35 heavy (non-hydrogen) atoms. The number of nitro benzene ring substituents is 1. The van der Waals surface area contributed by atoms with Gasteiger partial charge in [-0.05, 0) is 66.2 Å². The summed E-state index contributed by atoms with van der Waals surface area (Å²) in [5.41, 5.74) is 0.865. The Bertz CT molecular complexity index is 1370. The molecule has 3 aromatic carbocycles. The number of nitro groups is 1. The molecule has 1 saturated heterocycles. The first-order valence-electron chi connectivity index (χ1n) is 10.1. The Balaban J connectivity index is 1.63. The summed E-state index contributed by atoms with van der Waals surface area (Å²) in [4.78, 5) is 49.1. The van der Waals surface area contributed by atoms with Gasteiger partial charge in [-0.15, -0.1) is 0 Å². The zero-order chi connectivity index (χ0) is 25.1. The van der Waals surface area contributed by atoms with Crippen molar-refractivity contribution in [1.29, 1.82) is 0 Å². The van der Waals surface area contributed by atoms with Crippen LogP contribution >= 0.6 is 23.2 Å². The smallest absolute Gasteiger partial charge is 0.335 e. The molecule has 0 saturated carbocycles. The fourth-order valence-electron chi connectivity index (χ4n) is 3.28. The number of anilines is 1. The fraction of sp³-hybridized carbons (Fsp3) is 0.0417. The van der Waals surface area contributed by atoms with Crippen molar-refractivity contribution in [3.05, 3.63) is 104 Å². The SMILES string of the molecule is O=C1NC(=O)N(c2ccc(Cl)cc2)C(=O)/C1=C/c1cc(Cl)ccc1OCc1ccc([N+](=O)[O-])cc1. The van der Waals surface area contributed by atoms with Crippen LogP contribution < -0.4 is 15.0 Å². The van der Waals surface area contributed by atoms with Crippen LogP contribution in [0.15, 0.2) is 72.3 Å². The molecule has 0 spiro atoms. The largest absolute Gasteiger partial charge is 0.488 e. The highest BCUT2D eigenvalue weighted by atomic mass is 35.5. The molecule has 1 fully saturated rings. The predicted octanol–water partition coefficient (Wildman–Crippen LogP) is 5.15. The van der Waals surface area contributed by atoms with Crippen LogP contribution in [-0.4, -0.2) is 22.8 Å². The number of urea groups is 1. The van der Waals surface area contributed by atoms with Crippen molar-refractivity contribution in [2.45, 2.75) is 6.61 Å². The summed E-state index contributed by atoms with van der Waals surface area (Å²) >= 11 is 12.0. The number of nitrogens with zero attached hydrogens (tertiary/aromatic N) is 2. The Morgan fingerprint density at radius 2 is 1.60 bits per heavy atom. The summed E-state index contributed by atoms with van der Waals surface area (Å²) in [6.45, 7) is 0.0608. The molecule has 1 aliphatic rings. The molecule has 9 nitrogen and oxygen atoms in total. The average molecular weight is 512 g/mol. The second-order valence-electron chi connectivity index (χ2n) is 7.33. The molecule has 0 unspecified atom stereocenters. The van der Waals surface area contributed by atoms with E-state index in [1.165, 1.54) is 48.5 Å². The zero-order valence-corrected chi connectivity index (χ0v) is 19.2. The van der Waals surface area contributed by atoms with Gasteiger partial charge in [0.1, 0.15) is 17.9 Å². The fourth-order valence-corrected chi connectivity index (χ4v) is 3.58. The Morgan fingerprint density at radius 3 is 2.26 bits per heavy atom. The third-order valence-electron chi connectivity index (χ3n) is 5.00. The number of carbonyl (C=O) groups excluding carboxylic acids is 3. The van der Waals surface area contributed by atoms with E-state index in [1.807, 2.05) is 0 Å². The molecule has 1 N–H and O–H groups in total. The number of rotatable bonds is 6. The zero-order valence-electron chi connectivity index (χ0n) is 17.7. The number of halogens is 2. The highest BCUT2D eigenvalue weighted by molar-refractivity contribution is 6.39. The van der Waals surface area contributed by atoms with E-state index in [1.54, 1.807) is 24.3 Å². The molecule has 0 bridgehead atoms. The summed E-state index contributed by atoms with van der Waals surface area (Å²) in [6, 6.07) is 15.6. The van der Waals surface area contributed by atoms with Crippen molar-refractivity contribution in [2.75, 3.05) is 4.90 Å². The van der Waals surface area contributed by atoms with Crippen LogP contribution in [0.2, 0.25) is 10.0 Å². The predicted molar refractivity (Wildman–Crippen MR) is 129 cm³/mol. The van der Waals surface area contributed by atoms with Crippen LogP contribution in [0.5, 0.6) is 5.75 Å². The normalized spacial score (nSPS) is 14.7. The number of carbonyl (C=O) groups is 3. The lowest BCUT2D eigenvalue weighted by atomic mass is 10.1. The molecule has 0 radical (unpaired) electrons. The maximum atomic E-state index is 13.1. The lowest BCUT2D eigenvalue weighted by Gasteiger charge is -2.26. The minimum absolute atomic E-state index is 0.0488. The number of imide groups is 2. The molecule has 0 aromatic heterocycles. The first-order valence-corrected chi connectivity index (χ1v) is 10.8. The van der Waals surface area contributed by atoms with E-state index in [2.05, 4.69) is 5.32 Å². The average Bonchev–Trinajstić information content (AvgIpc) is 2.82. The highest BCUT2D eigenvalue weighted by Crippen LogP contribution is 2.29. The second-order valence-corrected chi connectivity index (χ2v) is 8.20. The summed E-state index contributed by atoms with van der Waals surface area (Å²) in [6.07, 6.45) is 1.28. The van der Waals surface area contributed by atoms with Crippen molar-refractivity contribution in [3.8, 4) is 5.75 Å². The monoisotopic (exact) mass is 511 g/mol. The topological polar surface area (TPSA) is 119 Å². The molecule has 0 atom stereocenters. The molecule has 0 aliphatic carbocycles. The number of non-ortho nitro benzene ring substituents is 1. The van der Waals surface area contributed by atoms with Crippen molar-refractivity contribution in [1.82, 2.24) is 5.32 Å². The molecule has 176 valence electrons. The molecular formula is C24H15Cl2N3O6. The Kier molecular flexibility index (Phi) is 6.81. The second kappa shape index (κ2) is 9.96. The van der Waals surface area contributed by atoms with Gasteiger partial charge in [-0.1, -0.05) is 23.2 Å². The maximum absolute atomic E-state index is 13.1. The van der Waals surface area contributed by atoms with E-state index in [4.69, 9.17) is 27.9 Å². The molecule has 4 rings (SSSR count). The Labute approximate surface area is 208 Å². The minimum atomic E-state index is -0.889. The van der Waals surface area contributed by atoms with Gasteiger partial charge in [0, 0.05) is 27.7 Å². The highest BCUT2D eigenvalue weighted by Gasteiger charge is 2.37. The van der Waals surface area contributed by atoms with Gasteiger partial charge in [-0.25, -0.2) is 9.69 Å². The van der Waals surface area contributed by atoms with E-state index in [0.717, 1.165) is 4.90 Å². The first kappa shape index (κ1) is 23.9. The van der Waals surface area contributed by atoms with Gasteiger partial charge < -0.3 is 4.74 Å². The van der Waals surface area contributed by atoms with E-state index >= 15 is 0 Å². The third kappa shape index (κ3) is 5.32. The quantitative estimate of drug-likeness (QED) is 0.211. The Morgan fingerprint density at radius 1 is 0.943 bits per heavy atom. The van der Waals surface area contributed by atoms with Gasteiger partial charge in [-0.2, -0.15) is 0 Å². The molecule has 3 aromatic rings. The van der Waals surface area contributed by atoms with Gasteiger partial charge in [-0.3, -0.25) is 25.0 Å². The number of barbiturate groups is 1. The summed E-state index contributed by atoms with van der Waals surface area (Å²) in [5.74, 6) is -1.40. The van der Waals surface area contributed by atoms with Crippen LogP contribution in [-0.2, 0) is 16.2 Å². The van der Waals surface area contributed by atoms with Crippen molar-refractivity contribution in [3.63, 3.8) is 0 Å². The van der Waals surface area contributed by atoms with E-state index in [9.17, 15) is 24.5 Å².